The van der Waals surface area contributed by atoms with Crippen molar-refractivity contribution in [1.82, 2.24) is 5.32 Å². The number of nitrogens with one attached hydrogen (secondary N) is 1. The van der Waals surface area contributed by atoms with Crippen molar-refractivity contribution in [3.8, 4) is 0 Å². The number of benzene rings is 1. The van der Waals surface area contributed by atoms with Crippen molar-refractivity contribution in [2.24, 2.45) is 5.92 Å². The molecule has 0 aliphatic heterocycles. The Hall–Kier alpha value is -0.680. The maximum Gasteiger partial charge on any atom is 0.446 e. The SMILES string of the molecule is CCNCC1CC1c1ccc(SC(F)(F)F)cc1. The van der Waals surface area contributed by atoms with Crippen molar-refractivity contribution in [2.75, 3.05) is 13.1 Å². The van der Waals surface area contributed by atoms with Gasteiger partial charge in [-0.05, 0) is 60.8 Å². The van der Waals surface area contributed by atoms with E-state index in [0.29, 0.717) is 11.8 Å². The number of thioether (sulfide) groups is 1. The number of hydrogen-bond donors (Lipinski definition) is 1. The first-order valence-corrected chi connectivity index (χ1v) is 6.87. The maximum atomic E-state index is 12.2. The van der Waals surface area contributed by atoms with Crippen LogP contribution in [0.25, 0.3) is 0 Å². The van der Waals surface area contributed by atoms with Crippen LogP contribution in [0.15, 0.2) is 29.2 Å². The van der Waals surface area contributed by atoms with Gasteiger partial charge in [0.25, 0.3) is 0 Å². The van der Waals surface area contributed by atoms with Crippen LogP contribution in [0.2, 0.25) is 0 Å². The molecule has 1 aromatic rings. The number of alkyl halides is 3. The predicted molar refractivity (Wildman–Crippen MR) is 67.7 cm³/mol. The molecule has 0 spiro atoms. The van der Waals surface area contributed by atoms with E-state index in [2.05, 4.69) is 12.2 Å². The van der Waals surface area contributed by atoms with Gasteiger partial charge in [-0.15, -0.1) is 0 Å². The number of rotatable bonds is 5. The minimum absolute atomic E-state index is 0.0561. The lowest BCUT2D eigenvalue weighted by Crippen LogP contribution is -2.16. The summed E-state index contributed by atoms with van der Waals surface area (Å²) < 4.78 is 36.5. The molecule has 2 rings (SSSR count). The van der Waals surface area contributed by atoms with Gasteiger partial charge in [-0.2, -0.15) is 13.2 Å². The average molecular weight is 275 g/mol. The summed E-state index contributed by atoms with van der Waals surface area (Å²) in [6.07, 6.45) is 1.14. The zero-order chi connectivity index (χ0) is 13.2. The smallest absolute Gasteiger partial charge is 0.317 e. The minimum Gasteiger partial charge on any atom is -0.317 e. The van der Waals surface area contributed by atoms with Crippen molar-refractivity contribution < 1.29 is 13.2 Å². The molecule has 100 valence electrons. The monoisotopic (exact) mass is 275 g/mol. The summed E-state index contributed by atoms with van der Waals surface area (Å²) in [5, 5.41) is 3.30. The summed E-state index contributed by atoms with van der Waals surface area (Å²) in [7, 11) is 0. The van der Waals surface area contributed by atoms with E-state index in [0.717, 1.165) is 25.1 Å². The minimum atomic E-state index is -4.20. The van der Waals surface area contributed by atoms with Crippen molar-refractivity contribution in [3.63, 3.8) is 0 Å². The molecule has 0 amide bonds. The van der Waals surface area contributed by atoms with Gasteiger partial charge in [-0.3, -0.25) is 0 Å². The van der Waals surface area contributed by atoms with Crippen molar-refractivity contribution in [1.29, 1.82) is 0 Å². The molecule has 1 aromatic carbocycles. The molecular weight excluding hydrogens is 259 g/mol. The predicted octanol–water partition coefficient (Wildman–Crippen LogP) is 4.01. The van der Waals surface area contributed by atoms with Gasteiger partial charge in [0.05, 0.1) is 0 Å². The van der Waals surface area contributed by atoms with Gasteiger partial charge in [0.15, 0.2) is 0 Å². The molecule has 1 saturated carbocycles. The topological polar surface area (TPSA) is 12.0 Å². The summed E-state index contributed by atoms with van der Waals surface area (Å²) >= 11 is -0.0561. The van der Waals surface area contributed by atoms with E-state index in [4.69, 9.17) is 0 Å². The van der Waals surface area contributed by atoms with E-state index in [9.17, 15) is 13.2 Å². The largest absolute Gasteiger partial charge is 0.446 e. The molecule has 0 radical (unpaired) electrons. The van der Waals surface area contributed by atoms with Crippen LogP contribution in [-0.4, -0.2) is 18.6 Å². The lowest BCUT2D eigenvalue weighted by molar-refractivity contribution is -0.0328. The van der Waals surface area contributed by atoms with Crippen LogP contribution < -0.4 is 5.32 Å². The fourth-order valence-electron chi connectivity index (χ4n) is 2.13. The van der Waals surface area contributed by atoms with Crippen molar-refractivity contribution >= 4 is 11.8 Å². The Balaban J connectivity index is 1.89. The van der Waals surface area contributed by atoms with Gasteiger partial charge in [0.2, 0.25) is 0 Å². The van der Waals surface area contributed by atoms with Crippen LogP contribution in [-0.2, 0) is 0 Å². The summed E-state index contributed by atoms with van der Waals surface area (Å²) in [4.78, 5) is 0.259. The van der Waals surface area contributed by atoms with E-state index in [-0.39, 0.29) is 16.7 Å². The fraction of sp³-hybridized carbons (Fsp3) is 0.538. The second-order valence-corrected chi connectivity index (χ2v) is 5.67. The zero-order valence-electron chi connectivity index (χ0n) is 10.1. The molecule has 0 aromatic heterocycles. The molecule has 2 unspecified atom stereocenters. The van der Waals surface area contributed by atoms with Gasteiger partial charge >= 0.3 is 5.51 Å². The Bertz CT molecular complexity index is 388. The van der Waals surface area contributed by atoms with Crippen LogP contribution in [0.1, 0.15) is 24.8 Å². The Labute approximate surface area is 109 Å². The van der Waals surface area contributed by atoms with E-state index >= 15 is 0 Å². The zero-order valence-corrected chi connectivity index (χ0v) is 10.9. The normalized spacial score (nSPS) is 23.1. The third-order valence-corrected chi connectivity index (χ3v) is 3.86. The van der Waals surface area contributed by atoms with Crippen molar-refractivity contribution in [3.05, 3.63) is 29.8 Å². The molecule has 1 nitrogen and oxygen atoms in total. The molecule has 18 heavy (non-hydrogen) atoms. The first kappa shape index (κ1) is 13.7. The summed E-state index contributed by atoms with van der Waals surface area (Å²) in [6.45, 7) is 4.03. The molecule has 1 aliphatic carbocycles. The Kier molecular flexibility index (Phi) is 4.22. The van der Waals surface area contributed by atoms with E-state index in [1.807, 2.05) is 12.1 Å². The van der Waals surface area contributed by atoms with Gasteiger partial charge in [0, 0.05) is 4.90 Å². The molecule has 0 bridgehead atoms. The fourth-order valence-corrected chi connectivity index (χ4v) is 2.67. The second-order valence-electron chi connectivity index (χ2n) is 4.53. The second kappa shape index (κ2) is 5.53. The molecule has 1 N–H and O–H groups in total. The average Bonchev–Trinajstić information content (AvgIpc) is 3.05. The van der Waals surface area contributed by atoms with E-state index < -0.39 is 5.51 Å². The molecule has 0 heterocycles. The van der Waals surface area contributed by atoms with Gasteiger partial charge in [-0.1, -0.05) is 19.1 Å². The van der Waals surface area contributed by atoms with Gasteiger partial charge in [0.1, 0.15) is 0 Å². The highest BCUT2D eigenvalue weighted by atomic mass is 32.2. The molecule has 1 aliphatic rings. The third-order valence-electron chi connectivity index (χ3n) is 3.12. The first-order valence-electron chi connectivity index (χ1n) is 6.06. The third kappa shape index (κ3) is 3.92. The Morgan fingerprint density at radius 2 is 1.94 bits per heavy atom. The van der Waals surface area contributed by atoms with Crippen LogP contribution in [0.3, 0.4) is 0 Å². The van der Waals surface area contributed by atoms with Crippen LogP contribution in [0, 0.1) is 5.92 Å². The Morgan fingerprint density at radius 1 is 1.28 bits per heavy atom. The first-order chi connectivity index (χ1) is 8.49. The summed E-state index contributed by atoms with van der Waals surface area (Å²) in [5.74, 6) is 1.17. The van der Waals surface area contributed by atoms with Crippen LogP contribution in [0.4, 0.5) is 13.2 Å². The quantitative estimate of drug-likeness (QED) is 0.815. The van der Waals surface area contributed by atoms with Gasteiger partial charge in [-0.25, -0.2) is 0 Å². The van der Waals surface area contributed by atoms with Crippen LogP contribution in [0.5, 0.6) is 0 Å². The van der Waals surface area contributed by atoms with Crippen LogP contribution >= 0.6 is 11.8 Å². The maximum absolute atomic E-state index is 12.2. The highest BCUT2D eigenvalue weighted by molar-refractivity contribution is 8.00. The van der Waals surface area contributed by atoms with Gasteiger partial charge < -0.3 is 5.32 Å². The summed E-state index contributed by atoms with van der Waals surface area (Å²) in [6, 6.07) is 6.78. The summed E-state index contributed by atoms with van der Waals surface area (Å²) in [5.41, 5.74) is -3.04. The lowest BCUT2D eigenvalue weighted by Gasteiger charge is -2.06. The number of hydrogen-bond acceptors (Lipinski definition) is 2. The molecule has 0 saturated heterocycles. The highest BCUT2D eigenvalue weighted by Crippen LogP contribution is 2.47. The molecule has 2 atom stereocenters. The Morgan fingerprint density at radius 3 is 2.50 bits per heavy atom. The van der Waals surface area contributed by atoms with E-state index in [1.54, 1.807) is 12.1 Å². The molecule has 1 fully saturated rings. The molecule has 5 heteroatoms. The standard InChI is InChI=1S/C13H16F3NS/c1-2-17-8-10-7-12(10)9-3-5-11(6-4-9)18-13(14,15)16/h3-6,10,12,17H,2,7-8H2,1H3. The van der Waals surface area contributed by atoms with E-state index in [1.165, 1.54) is 0 Å². The molecular formula is C13H16F3NS. The highest BCUT2D eigenvalue weighted by Gasteiger charge is 2.37. The lowest BCUT2D eigenvalue weighted by atomic mass is 10.1. The number of halogens is 3. The van der Waals surface area contributed by atoms with Crippen molar-refractivity contribution in [2.45, 2.75) is 29.7 Å².